The van der Waals surface area contributed by atoms with Gasteiger partial charge in [-0.1, -0.05) is 72.8 Å². The molecule has 1 aliphatic rings. The van der Waals surface area contributed by atoms with Gasteiger partial charge in [0.2, 0.25) is 10.0 Å². The van der Waals surface area contributed by atoms with Crippen molar-refractivity contribution in [2.75, 3.05) is 31.1 Å². The summed E-state index contributed by atoms with van der Waals surface area (Å²) in [5.74, 6) is 0.761. The first-order chi connectivity index (χ1) is 17.1. The van der Waals surface area contributed by atoms with Crippen molar-refractivity contribution in [2.45, 2.75) is 4.90 Å². The molecule has 1 aromatic heterocycles. The van der Waals surface area contributed by atoms with Crippen LogP contribution in [0.15, 0.2) is 102 Å². The Kier molecular flexibility index (Phi) is 5.43. The van der Waals surface area contributed by atoms with Gasteiger partial charge < -0.3 is 4.90 Å². The van der Waals surface area contributed by atoms with Gasteiger partial charge in [0.15, 0.2) is 5.82 Å². The maximum absolute atomic E-state index is 13.3. The second-order valence-electron chi connectivity index (χ2n) is 8.70. The minimum absolute atomic E-state index is 0.337. The number of hydrogen-bond donors (Lipinski definition) is 0. The van der Waals surface area contributed by atoms with E-state index in [1.807, 2.05) is 60.7 Å². The Balaban J connectivity index is 1.18. The molecule has 0 aliphatic carbocycles. The highest BCUT2D eigenvalue weighted by Crippen LogP contribution is 2.28. The normalized spacial score (nSPS) is 15.0. The molecule has 4 aromatic carbocycles. The van der Waals surface area contributed by atoms with Crippen molar-refractivity contribution in [1.29, 1.82) is 0 Å². The third-order valence-electron chi connectivity index (χ3n) is 6.64. The zero-order valence-electron chi connectivity index (χ0n) is 19.1. The van der Waals surface area contributed by atoms with Gasteiger partial charge in [0, 0.05) is 31.7 Å². The highest BCUT2D eigenvalue weighted by atomic mass is 32.2. The number of rotatable bonds is 4. The van der Waals surface area contributed by atoms with Crippen LogP contribution in [0.1, 0.15) is 0 Å². The van der Waals surface area contributed by atoms with Crippen LogP contribution in [0.25, 0.3) is 32.8 Å². The summed E-state index contributed by atoms with van der Waals surface area (Å²) in [6.45, 7) is 1.94. The monoisotopic (exact) mass is 480 g/mol. The molecule has 5 aromatic rings. The van der Waals surface area contributed by atoms with Crippen molar-refractivity contribution in [3.8, 4) is 11.3 Å². The molecule has 2 heterocycles. The van der Waals surface area contributed by atoms with Crippen LogP contribution in [-0.4, -0.2) is 49.1 Å². The van der Waals surface area contributed by atoms with Crippen LogP contribution in [0.2, 0.25) is 0 Å². The van der Waals surface area contributed by atoms with E-state index in [0.717, 1.165) is 33.2 Å². The van der Waals surface area contributed by atoms with Crippen molar-refractivity contribution < 1.29 is 8.42 Å². The van der Waals surface area contributed by atoms with Gasteiger partial charge in [-0.3, -0.25) is 0 Å². The molecule has 0 bridgehead atoms. The number of nitrogens with zero attached hydrogens (tertiary/aromatic N) is 4. The second-order valence-corrected chi connectivity index (χ2v) is 10.6. The predicted octanol–water partition coefficient (Wildman–Crippen LogP) is 4.96. The Labute approximate surface area is 204 Å². The summed E-state index contributed by atoms with van der Waals surface area (Å²) >= 11 is 0. The van der Waals surface area contributed by atoms with E-state index in [9.17, 15) is 8.42 Å². The standard InChI is InChI=1S/C28H24N4O2S/c33-35(34,24-13-12-21-6-1-2-8-23(21)20-24)32-18-16-31(17-19-32)28-15-14-27(29-30-28)26-11-5-9-22-7-3-4-10-25(22)26/h1-15,20H,16-19H2. The summed E-state index contributed by atoms with van der Waals surface area (Å²) in [5.41, 5.74) is 1.87. The predicted molar refractivity (Wildman–Crippen MR) is 140 cm³/mol. The quantitative estimate of drug-likeness (QED) is 0.364. The number of anilines is 1. The van der Waals surface area contributed by atoms with E-state index in [1.54, 1.807) is 16.4 Å². The number of hydrogen-bond acceptors (Lipinski definition) is 5. The van der Waals surface area contributed by atoms with Crippen LogP contribution in [0.3, 0.4) is 0 Å². The smallest absolute Gasteiger partial charge is 0.243 e. The van der Waals surface area contributed by atoms with E-state index in [4.69, 9.17) is 0 Å². The van der Waals surface area contributed by atoms with Crippen LogP contribution in [0.4, 0.5) is 5.82 Å². The maximum atomic E-state index is 13.3. The van der Waals surface area contributed by atoms with Gasteiger partial charge in [-0.2, -0.15) is 4.31 Å². The molecule has 0 saturated carbocycles. The van der Waals surface area contributed by atoms with E-state index in [1.165, 1.54) is 5.39 Å². The first kappa shape index (κ1) is 21.7. The average molecular weight is 481 g/mol. The Morgan fingerprint density at radius 1 is 0.629 bits per heavy atom. The fraction of sp³-hybridized carbons (Fsp3) is 0.143. The van der Waals surface area contributed by atoms with E-state index in [2.05, 4.69) is 39.4 Å². The van der Waals surface area contributed by atoms with Crippen molar-refractivity contribution >= 4 is 37.4 Å². The van der Waals surface area contributed by atoms with E-state index < -0.39 is 10.0 Å². The zero-order chi connectivity index (χ0) is 23.8. The molecule has 1 fully saturated rings. The van der Waals surface area contributed by atoms with Gasteiger partial charge in [0.1, 0.15) is 0 Å². The zero-order valence-corrected chi connectivity index (χ0v) is 19.9. The summed E-state index contributed by atoms with van der Waals surface area (Å²) in [6, 6.07) is 31.5. The molecule has 6 nitrogen and oxygen atoms in total. The lowest BCUT2D eigenvalue weighted by molar-refractivity contribution is 0.383. The molecule has 35 heavy (non-hydrogen) atoms. The van der Waals surface area contributed by atoms with Gasteiger partial charge in [0.25, 0.3) is 0 Å². The topological polar surface area (TPSA) is 66.4 Å². The molecule has 174 valence electrons. The van der Waals surface area contributed by atoms with Crippen molar-refractivity contribution in [3.63, 3.8) is 0 Å². The van der Waals surface area contributed by atoms with Crippen molar-refractivity contribution in [2.24, 2.45) is 0 Å². The molecule has 6 rings (SSSR count). The summed E-state index contributed by atoms with van der Waals surface area (Å²) in [7, 11) is -3.55. The Morgan fingerprint density at radius 2 is 1.34 bits per heavy atom. The van der Waals surface area contributed by atoms with Crippen LogP contribution in [0.5, 0.6) is 0 Å². The largest absolute Gasteiger partial charge is 0.352 e. The van der Waals surface area contributed by atoms with Crippen LogP contribution in [-0.2, 0) is 10.0 Å². The number of fused-ring (bicyclic) bond motifs is 2. The minimum Gasteiger partial charge on any atom is -0.352 e. The Bertz CT molecular complexity index is 1620. The average Bonchev–Trinajstić information content (AvgIpc) is 2.92. The molecule has 0 N–H and O–H groups in total. The maximum Gasteiger partial charge on any atom is 0.243 e. The lowest BCUT2D eigenvalue weighted by Crippen LogP contribution is -2.49. The summed E-state index contributed by atoms with van der Waals surface area (Å²) in [5, 5.41) is 13.2. The molecular formula is C28H24N4O2S. The fourth-order valence-electron chi connectivity index (χ4n) is 4.72. The molecule has 7 heteroatoms. The van der Waals surface area contributed by atoms with Crippen LogP contribution < -0.4 is 4.90 Å². The molecule has 0 spiro atoms. The summed E-state index contributed by atoms with van der Waals surface area (Å²) in [4.78, 5) is 2.43. The van der Waals surface area contributed by atoms with E-state index in [-0.39, 0.29) is 0 Å². The summed E-state index contributed by atoms with van der Waals surface area (Å²) < 4.78 is 28.1. The first-order valence-corrected chi connectivity index (χ1v) is 13.1. The van der Waals surface area contributed by atoms with Crippen LogP contribution >= 0.6 is 0 Å². The van der Waals surface area contributed by atoms with Gasteiger partial charge in [-0.15, -0.1) is 10.2 Å². The first-order valence-electron chi connectivity index (χ1n) is 11.7. The minimum atomic E-state index is -3.55. The molecule has 0 radical (unpaired) electrons. The van der Waals surface area contributed by atoms with Gasteiger partial charge >= 0.3 is 0 Å². The fourth-order valence-corrected chi connectivity index (χ4v) is 6.18. The van der Waals surface area contributed by atoms with Gasteiger partial charge in [-0.05, 0) is 45.8 Å². The number of benzene rings is 4. The molecule has 0 atom stereocenters. The molecule has 0 unspecified atom stereocenters. The summed E-state index contributed by atoms with van der Waals surface area (Å²) in [6.07, 6.45) is 0. The SMILES string of the molecule is O=S(=O)(c1ccc2ccccc2c1)N1CCN(c2ccc(-c3cccc4ccccc34)nn2)CC1. The molecule has 1 aliphatic heterocycles. The number of piperazine rings is 1. The third kappa shape index (κ3) is 4.03. The Hall–Kier alpha value is -3.81. The second kappa shape index (κ2) is 8.76. The van der Waals surface area contributed by atoms with E-state index in [0.29, 0.717) is 31.1 Å². The van der Waals surface area contributed by atoms with Gasteiger partial charge in [-0.25, -0.2) is 8.42 Å². The van der Waals surface area contributed by atoms with Gasteiger partial charge in [0.05, 0.1) is 10.6 Å². The van der Waals surface area contributed by atoms with Crippen LogP contribution in [0, 0.1) is 0 Å². The lowest BCUT2D eigenvalue weighted by Gasteiger charge is -2.34. The third-order valence-corrected chi connectivity index (χ3v) is 8.53. The highest BCUT2D eigenvalue weighted by Gasteiger charge is 2.29. The number of sulfonamides is 1. The highest BCUT2D eigenvalue weighted by molar-refractivity contribution is 7.89. The lowest BCUT2D eigenvalue weighted by atomic mass is 10.0. The van der Waals surface area contributed by atoms with Crippen molar-refractivity contribution in [1.82, 2.24) is 14.5 Å². The molecule has 1 saturated heterocycles. The Morgan fingerprint density at radius 3 is 2.11 bits per heavy atom. The molecule has 0 amide bonds. The van der Waals surface area contributed by atoms with Crippen molar-refractivity contribution in [3.05, 3.63) is 97.1 Å². The van der Waals surface area contributed by atoms with E-state index >= 15 is 0 Å². The molecular weight excluding hydrogens is 456 g/mol. The number of aromatic nitrogens is 2.